The van der Waals surface area contributed by atoms with Crippen molar-refractivity contribution in [1.29, 1.82) is 0 Å². The fraction of sp³-hybridized carbons (Fsp3) is 0.357. The Hall–Kier alpha value is -1.86. The van der Waals surface area contributed by atoms with Crippen LogP contribution in [-0.2, 0) is 0 Å². The van der Waals surface area contributed by atoms with Crippen molar-refractivity contribution >= 4 is 5.91 Å². The number of aliphatic hydroxyl groups is 1. The molecule has 1 saturated carbocycles. The van der Waals surface area contributed by atoms with Gasteiger partial charge in [0.1, 0.15) is 12.4 Å². The van der Waals surface area contributed by atoms with Crippen molar-refractivity contribution in [2.75, 3.05) is 13.7 Å². The highest BCUT2D eigenvalue weighted by atomic mass is 19.1. The number of hydrogen-bond acceptors (Lipinski definition) is 2. The molecule has 4 heteroatoms. The van der Waals surface area contributed by atoms with Crippen LogP contribution in [0.1, 0.15) is 28.8 Å². The number of carbonyl (C=O) groups is 1. The summed E-state index contributed by atoms with van der Waals surface area (Å²) in [4.78, 5) is 13.6. The smallest absolute Gasteiger partial charge is 0.256 e. The fourth-order valence-electron chi connectivity index (χ4n) is 1.73. The molecule has 1 aromatic carbocycles. The van der Waals surface area contributed by atoms with Gasteiger partial charge in [-0.05, 0) is 31.0 Å². The van der Waals surface area contributed by atoms with E-state index in [2.05, 4.69) is 11.8 Å². The molecule has 0 aromatic heterocycles. The molecule has 0 aliphatic heterocycles. The Bertz CT molecular complexity index is 526. The van der Waals surface area contributed by atoms with Crippen LogP contribution >= 0.6 is 0 Å². The van der Waals surface area contributed by atoms with E-state index in [-0.39, 0.29) is 24.1 Å². The normalized spacial score (nSPS) is 13.7. The van der Waals surface area contributed by atoms with Gasteiger partial charge in [-0.15, -0.1) is 0 Å². The Morgan fingerprint density at radius 3 is 2.89 bits per heavy atom. The molecule has 0 heterocycles. The van der Waals surface area contributed by atoms with Crippen molar-refractivity contribution in [1.82, 2.24) is 4.90 Å². The molecule has 0 radical (unpaired) electrons. The van der Waals surface area contributed by atoms with E-state index in [0.29, 0.717) is 5.56 Å². The summed E-state index contributed by atoms with van der Waals surface area (Å²) in [6, 6.07) is 4.39. The van der Waals surface area contributed by atoms with Gasteiger partial charge >= 0.3 is 0 Å². The van der Waals surface area contributed by atoms with Crippen molar-refractivity contribution in [2.45, 2.75) is 18.9 Å². The fourth-order valence-corrected chi connectivity index (χ4v) is 1.73. The van der Waals surface area contributed by atoms with Crippen LogP contribution in [0.3, 0.4) is 0 Å². The quantitative estimate of drug-likeness (QED) is 0.803. The molecule has 1 aromatic rings. The third-order valence-corrected chi connectivity index (χ3v) is 2.92. The molecule has 1 amide bonds. The Kier molecular flexibility index (Phi) is 3.63. The molecule has 18 heavy (non-hydrogen) atoms. The average molecular weight is 247 g/mol. The second-order valence-electron chi connectivity index (χ2n) is 4.30. The SMILES string of the molecule is CN(C(=O)c1cc(C#CCO)ccc1F)C1CC1. The van der Waals surface area contributed by atoms with Gasteiger partial charge in [0, 0.05) is 18.7 Å². The first-order valence-corrected chi connectivity index (χ1v) is 5.80. The zero-order valence-corrected chi connectivity index (χ0v) is 10.1. The van der Waals surface area contributed by atoms with Crippen LogP contribution in [0.5, 0.6) is 0 Å². The van der Waals surface area contributed by atoms with E-state index in [9.17, 15) is 9.18 Å². The standard InChI is InChI=1S/C14H14FNO2/c1-16(11-5-6-11)14(18)12-9-10(3-2-8-17)4-7-13(12)15/h4,7,9,11,17H,5-6,8H2,1H3. The third-order valence-electron chi connectivity index (χ3n) is 2.92. The Labute approximate surface area is 105 Å². The molecule has 1 aliphatic carbocycles. The molecule has 3 nitrogen and oxygen atoms in total. The molecule has 1 aliphatic rings. The zero-order chi connectivity index (χ0) is 13.1. The van der Waals surface area contributed by atoms with Crippen LogP contribution in [0.2, 0.25) is 0 Å². The predicted octanol–water partition coefficient (Wildman–Crippen LogP) is 1.40. The minimum atomic E-state index is -0.540. The second-order valence-corrected chi connectivity index (χ2v) is 4.30. The van der Waals surface area contributed by atoms with Crippen LogP contribution in [0.4, 0.5) is 4.39 Å². The van der Waals surface area contributed by atoms with Crippen molar-refractivity contribution in [3.05, 3.63) is 35.1 Å². The van der Waals surface area contributed by atoms with E-state index in [1.807, 2.05) is 0 Å². The van der Waals surface area contributed by atoms with Crippen LogP contribution < -0.4 is 0 Å². The summed E-state index contributed by atoms with van der Waals surface area (Å²) < 4.78 is 13.6. The third kappa shape index (κ3) is 2.69. The van der Waals surface area contributed by atoms with E-state index in [0.717, 1.165) is 12.8 Å². The van der Waals surface area contributed by atoms with Gasteiger partial charge in [-0.3, -0.25) is 4.79 Å². The van der Waals surface area contributed by atoms with Gasteiger partial charge in [0.25, 0.3) is 5.91 Å². The molecule has 1 fully saturated rings. The van der Waals surface area contributed by atoms with E-state index >= 15 is 0 Å². The van der Waals surface area contributed by atoms with Crippen molar-refractivity contribution in [3.63, 3.8) is 0 Å². The van der Waals surface area contributed by atoms with E-state index in [4.69, 9.17) is 5.11 Å². The van der Waals surface area contributed by atoms with Gasteiger partial charge in [-0.25, -0.2) is 4.39 Å². The second kappa shape index (κ2) is 5.19. The summed E-state index contributed by atoms with van der Waals surface area (Å²) in [5.74, 6) is 4.28. The Morgan fingerprint density at radius 1 is 1.56 bits per heavy atom. The molecule has 0 unspecified atom stereocenters. The lowest BCUT2D eigenvalue weighted by Crippen LogP contribution is -2.29. The number of amides is 1. The first kappa shape index (κ1) is 12.6. The number of hydrogen-bond donors (Lipinski definition) is 1. The Balaban J connectivity index is 2.27. The number of nitrogens with zero attached hydrogens (tertiary/aromatic N) is 1. The molecule has 0 bridgehead atoms. The lowest BCUT2D eigenvalue weighted by Gasteiger charge is -2.16. The minimum Gasteiger partial charge on any atom is -0.384 e. The van der Waals surface area contributed by atoms with Crippen LogP contribution in [0, 0.1) is 17.7 Å². The maximum absolute atomic E-state index is 13.6. The molecule has 94 valence electrons. The van der Waals surface area contributed by atoms with Crippen LogP contribution in [0.15, 0.2) is 18.2 Å². The van der Waals surface area contributed by atoms with Gasteiger partial charge in [0.2, 0.25) is 0 Å². The number of aliphatic hydroxyl groups excluding tert-OH is 1. The molecule has 0 spiro atoms. The lowest BCUT2D eigenvalue weighted by atomic mass is 10.1. The van der Waals surface area contributed by atoms with Gasteiger partial charge in [0.05, 0.1) is 5.56 Å². The van der Waals surface area contributed by atoms with Gasteiger partial charge in [-0.1, -0.05) is 11.8 Å². The Morgan fingerprint density at radius 2 is 2.28 bits per heavy atom. The van der Waals surface area contributed by atoms with Gasteiger partial charge in [0.15, 0.2) is 0 Å². The molecule has 1 N–H and O–H groups in total. The van der Waals surface area contributed by atoms with E-state index in [1.54, 1.807) is 11.9 Å². The summed E-state index contributed by atoms with van der Waals surface area (Å²) in [6.07, 6.45) is 1.96. The number of benzene rings is 1. The summed E-state index contributed by atoms with van der Waals surface area (Å²) in [6.45, 7) is -0.261. The monoisotopic (exact) mass is 247 g/mol. The summed E-state index contributed by atoms with van der Waals surface area (Å²) in [5.41, 5.74) is 0.562. The summed E-state index contributed by atoms with van der Waals surface area (Å²) in [5, 5.41) is 8.61. The van der Waals surface area contributed by atoms with E-state index < -0.39 is 5.82 Å². The lowest BCUT2D eigenvalue weighted by molar-refractivity contribution is 0.0780. The molecular weight excluding hydrogens is 233 g/mol. The largest absolute Gasteiger partial charge is 0.384 e. The highest BCUT2D eigenvalue weighted by Gasteiger charge is 2.31. The zero-order valence-electron chi connectivity index (χ0n) is 10.1. The highest BCUT2D eigenvalue weighted by Crippen LogP contribution is 2.27. The number of carbonyl (C=O) groups excluding carboxylic acids is 1. The predicted molar refractivity (Wildman–Crippen MR) is 65.5 cm³/mol. The van der Waals surface area contributed by atoms with Gasteiger partial charge < -0.3 is 10.0 Å². The molecule has 0 saturated heterocycles. The maximum atomic E-state index is 13.6. The van der Waals surface area contributed by atoms with Crippen LogP contribution in [-0.4, -0.2) is 35.6 Å². The number of halogens is 1. The average Bonchev–Trinajstić information content (AvgIpc) is 3.20. The first-order chi connectivity index (χ1) is 8.63. The van der Waals surface area contributed by atoms with Crippen molar-refractivity contribution in [3.8, 4) is 11.8 Å². The maximum Gasteiger partial charge on any atom is 0.256 e. The minimum absolute atomic E-state index is 0.0362. The van der Waals surface area contributed by atoms with E-state index in [1.165, 1.54) is 18.2 Å². The topological polar surface area (TPSA) is 40.5 Å². The molecule has 0 atom stereocenters. The van der Waals surface area contributed by atoms with Crippen molar-refractivity contribution in [2.24, 2.45) is 0 Å². The number of rotatable bonds is 2. The first-order valence-electron chi connectivity index (χ1n) is 5.80. The van der Waals surface area contributed by atoms with Gasteiger partial charge in [-0.2, -0.15) is 0 Å². The molecular formula is C14H14FNO2. The van der Waals surface area contributed by atoms with Crippen LogP contribution in [0.25, 0.3) is 0 Å². The van der Waals surface area contributed by atoms with Crippen molar-refractivity contribution < 1.29 is 14.3 Å². The summed E-state index contributed by atoms with van der Waals surface area (Å²) in [7, 11) is 1.69. The molecule has 2 rings (SSSR count). The summed E-state index contributed by atoms with van der Waals surface area (Å²) >= 11 is 0. The highest BCUT2D eigenvalue weighted by molar-refractivity contribution is 5.95.